The summed E-state index contributed by atoms with van der Waals surface area (Å²) in [5.41, 5.74) is 0. The number of ether oxygens (including phenoxy) is 1. The van der Waals surface area contributed by atoms with Gasteiger partial charge in [-0.05, 0) is 43.7 Å². The van der Waals surface area contributed by atoms with E-state index in [0.29, 0.717) is 5.76 Å². The predicted molar refractivity (Wildman–Crippen MR) is 81.0 cm³/mol. The summed E-state index contributed by atoms with van der Waals surface area (Å²) in [6.45, 7) is 1.97. The molecule has 0 radical (unpaired) electrons. The molecule has 126 valence electrons. The van der Waals surface area contributed by atoms with E-state index in [2.05, 4.69) is 4.72 Å². The maximum atomic E-state index is 13.7. The topological polar surface area (TPSA) is 88.8 Å². The van der Waals surface area contributed by atoms with Crippen molar-refractivity contribution in [2.45, 2.75) is 24.3 Å². The van der Waals surface area contributed by atoms with E-state index in [1.807, 2.05) is 0 Å². The summed E-state index contributed by atoms with van der Waals surface area (Å²) in [6.07, 6.45) is 0.641. The summed E-state index contributed by atoms with van der Waals surface area (Å²) in [5, 5.41) is 9.81. The van der Waals surface area contributed by atoms with Crippen LogP contribution in [-0.2, 0) is 10.0 Å². The molecule has 0 spiro atoms. The number of benzene rings is 1. The van der Waals surface area contributed by atoms with Gasteiger partial charge in [0.25, 0.3) is 0 Å². The molecule has 1 aromatic heterocycles. The van der Waals surface area contributed by atoms with Crippen LogP contribution in [-0.4, -0.2) is 26.7 Å². The molecule has 1 aromatic carbocycles. The molecule has 0 aliphatic heterocycles. The first kappa shape index (κ1) is 17.5. The van der Waals surface area contributed by atoms with Gasteiger partial charge in [-0.2, -0.15) is 0 Å². The molecule has 1 atom stereocenters. The van der Waals surface area contributed by atoms with Crippen LogP contribution in [0.2, 0.25) is 0 Å². The molecule has 0 unspecified atom stereocenters. The Morgan fingerprint density at radius 3 is 2.78 bits per heavy atom. The van der Waals surface area contributed by atoms with E-state index >= 15 is 0 Å². The molecule has 0 bridgehead atoms. The number of sulfonamides is 1. The van der Waals surface area contributed by atoms with Crippen LogP contribution in [0.15, 0.2) is 45.9 Å². The average molecular weight is 343 g/mol. The highest BCUT2D eigenvalue weighted by atomic mass is 32.2. The highest BCUT2D eigenvalue weighted by Gasteiger charge is 2.18. The van der Waals surface area contributed by atoms with Gasteiger partial charge < -0.3 is 14.3 Å². The van der Waals surface area contributed by atoms with E-state index in [0.717, 1.165) is 6.07 Å². The molecule has 8 heteroatoms. The number of hydrogen-bond acceptors (Lipinski definition) is 5. The molecule has 0 amide bonds. The van der Waals surface area contributed by atoms with Crippen LogP contribution < -0.4 is 9.46 Å². The minimum atomic E-state index is -3.87. The Morgan fingerprint density at radius 1 is 1.39 bits per heavy atom. The number of aliphatic hydroxyl groups excluding tert-OH is 1. The van der Waals surface area contributed by atoms with E-state index < -0.39 is 21.9 Å². The van der Waals surface area contributed by atoms with Gasteiger partial charge in [0.05, 0.1) is 17.8 Å². The number of aliphatic hydroxyl groups is 1. The zero-order chi connectivity index (χ0) is 16.9. The standard InChI is InChI=1S/C15H18FNO5S/c1-2-21-14-6-5-11(10-12(14)16)23(19,20)17-8-7-13(18)15-4-3-9-22-15/h3-6,9-10,13,17-18H,2,7-8H2,1H3/t13-/m1/s1. The molecule has 0 aliphatic rings. The molecule has 6 nitrogen and oxygen atoms in total. The summed E-state index contributed by atoms with van der Waals surface area (Å²) in [7, 11) is -3.87. The van der Waals surface area contributed by atoms with Gasteiger partial charge in [0.15, 0.2) is 11.6 Å². The Balaban J connectivity index is 1.97. The number of hydrogen-bond donors (Lipinski definition) is 2. The van der Waals surface area contributed by atoms with Crippen molar-refractivity contribution in [2.75, 3.05) is 13.2 Å². The normalized spacial score (nSPS) is 13.0. The Kier molecular flexibility index (Phi) is 5.75. The molecule has 1 heterocycles. The van der Waals surface area contributed by atoms with E-state index in [9.17, 15) is 17.9 Å². The summed E-state index contributed by atoms with van der Waals surface area (Å²) in [5.74, 6) is -0.388. The fourth-order valence-electron chi connectivity index (χ4n) is 1.96. The van der Waals surface area contributed by atoms with Crippen LogP contribution in [0.3, 0.4) is 0 Å². The molecule has 0 saturated heterocycles. The second kappa shape index (κ2) is 7.58. The fraction of sp³-hybridized carbons (Fsp3) is 0.333. The number of furan rings is 1. The van der Waals surface area contributed by atoms with Crippen LogP contribution in [0.25, 0.3) is 0 Å². The molecule has 0 aliphatic carbocycles. The first-order chi connectivity index (χ1) is 10.9. The lowest BCUT2D eigenvalue weighted by molar-refractivity contribution is 0.142. The van der Waals surface area contributed by atoms with E-state index in [1.54, 1.807) is 19.1 Å². The fourth-order valence-corrected chi connectivity index (χ4v) is 3.02. The zero-order valence-corrected chi connectivity index (χ0v) is 13.3. The molecule has 23 heavy (non-hydrogen) atoms. The van der Waals surface area contributed by atoms with Crippen molar-refractivity contribution in [3.05, 3.63) is 48.2 Å². The second-order valence-electron chi connectivity index (χ2n) is 4.74. The van der Waals surface area contributed by atoms with Crippen LogP contribution in [0.5, 0.6) is 5.75 Å². The van der Waals surface area contributed by atoms with Crippen molar-refractivity contribution in [1.82, 2.24) is 4.72 Å². The predicted octanol–water partition coefficient (Wildman–Crippen LogP) is 2.22. The van der Waals surface area contributed by atoms with Crippen molar-refractivity contribution < 1.29 is 27.1 Å². The van der Waals surface area contributed by atoms with Crippen molar-refractivity contribution in [3.8, 4) is 5.75 Å². The van der Waals surface area contributed by atoms with E-state index in [4.69, 9.17) is 9.15 Å². The smallest absolute Gasteiger partial charge is 0.240 e. The minimum Gasteiger partial charge on any atom is -0.491 e. The Morgan fingerprint density at radius 2 is 2.17 bits per heavy atom. The number of rotatable bonds is 8. The second-order valence-corrected chi connectivity index (χ2v) is 6.51. The lowest BCUT2D eigenvalue weighted by atomic mass is 10.2. The molecule has 2 rings (SSSR count). The van der Waals surface area contributed by atoms with E-state index in [-0.39, 0.29) is 30.2 Å². The first-order valence-electron chi connectivity index (χ1n) is 7.07. The molecular weight excluding hydrogens is 325 g/mol. The summed E-state index contributed by atoms with van der Waals surface area (Å²) in [6, 6.07) is 6.66. The van der Waals surface area contributed by atoms with Crippen molar-refractivity contribution in [2.24, 2.45) is 0 Å². The van der Waals surface area contributed by atoms with E-state index in [1.165, 1.54) is 18.4 Å². The summed E-state index contributed by atoms with van der Waals surface area (Å²) < 4.78 is 50.3. The highest BCUT2D eigenvalue weighted by Crippen LogP contribution is 2.21. The maximum Gasteiger partial charge on any atom is 0.240 e. The third-order valence-electron chi connectivity index (χ3n) is 3.09. The van der Waals surface area contributed by atoms with Crippen LogP contribution in [0.1, 0.15) is 25.2 Å². The van der Waals surface area contributed by atoms with Crippen molar-refractivity contribution >= 4 is 10.0 Å². The van der Waals surface area contributed by atoms with Gasteiger partial charge in [-0.25, -0.2) is 17.5 Å². The lowest BCUT2D eigenvalue weighted by Gasteiger charge is -2.11. The Hall–Kier alpha value is -1.90. The lowest BCUT2D eigenvalue weighted by Crippen LogP contribution is -2.26. The molecule has 2 N–H and O–H groups in total. The van der Waals surface area contributed by atoms with Crippen molar-refractivity contribution in [1.29, 1.82) is 0 Å². The molecule has 0 saturated carbocycles. The third kappa shape index (κ3) is 4.54. The third-order valence-corrected chi connectivity index (χ3v) is 4.55. The van der Waals surface area contributed by atoms with Gasteiger partial charge >= 0.3 is 0 Å². The quantitative estimate of drug-likeness (QED) is 0.767. The maximum absolute atomic E-state index is 13.7. The van der Waals surface area contributed by atoms with Gasteiger partial charge in [-0.15, -0.1) is 0 Å². The highest BCUT2D eigenvalue weighted by molar-refractivity contribution is 7.89. The van der Waals surface area contributed by atoms with Gasteiger partial charge in [0.1, 0.15) is 11.9 Å². The van der Waals surface area contributed by atoms with Gasteiger partial charge in [0.2, 0.25) is 10.0 Å². The minimum absolute atomic E-state index is 0.000286. The monoisotopic (exact) mass is 343 g/mol. The van der Waals surface area contributed by atoms with Crippen molar-refractivity contribution in [3.63, 3.8) is 0 Å². The number of halogens is 1. The largest absolute Gasteiger partial charge is 0.491 e. The number of nitrogens with one attached hydrogen (secondary N) is 1. The first-order valence-corrected chi connectivity index (χ1v) is 8.56. The Bertz CT molecular complexity index is 730. The zero-order valence-electron chi connectivity index (χ0n) is 12.5. The summed E-state index contributed by atoms with van der Waals surface area (Å²) >= 11 is 0. The molecular formula is C15H18FNO5S. The van der Waals surface area contributed by atoms with Crippen LogP contribution in [0.4, 0.5) is 4.39 Å². The van der Waals surface area contributed by atoms with Crippen LogP contribution in [0, 0.1) is 5.82 Å². The SMILES string of the molecule is CCOc1ccc(S(=O)(=O)NCC[C@@H](O)c2ccco2)cc1F. The molecule has 2 aromatic rings. The summed E-state index contributed by atoms with van der Waals surface area (Å²) in [4.78, 5) is -0.203. The average Bonchev–Trinajstić information content (AvgIpc) is 3.03. The van der Waals surface area contributed by atoms with Gasteiger partial charge in [0, 0.05) is 6.54 Å². The van der Waals surface area contributed by atoms with Gasteiger partial charge in [-0.3, -0.25) is 0 Å². The Labute approximate surface area is 133 Å². The molecule has 0 fully saturated rings. The van der Waals surface area contributed by atoms with Crippen LogP contribution >= 0.6 is 0 Å². The van der Waals surface area contributed by atoms with Gasteiger partial charge in [-0.1, -0.05) is 0 Å².